The first-order valence-electron chi connectivity index (χ1n) is 8.93. The molecule has 162 valence electrons. The molecule has 0 aliphatic rings. The predicted molar refractivity (Wildman–Crippen MR) is 114 cm³/mol. The number of tetrazole rings is 1. The second-order valence-corrected chi connectivity index (χ2v) is 6.97. The highest BCUT2D eigenvalue weighted by Gasteiger charge is 2.18. The van der Waals surface area contributed by atoms with Gasteiger partial charge in [-0.25, -0.2) is 0 Å². The van der Waals surface area contributed by atoms with Crippen molar-refractivity contribution >= 4 is 40.7 Å². The number of hydrogen-bond donors (Lipinski definition) is 2. The number of nitrogens with one attached hydrogen (secondary N) is 2. The third-order valence-electron chi connectivity index (χ3n) is 4.17. The molecule has 0 atom stereocenters. The number of carbonyl (C=O) groups excluding carboxylic acids is 2. The molecular weight excluding hydrogens is 447 g/mol. The first-order valence-corrected chi connectivity index (χ1v) is 9.69. The molecule has 1 heterocycles. The van der Waals surface area contributed by atoms with E-state index in [0.29, 0.717) is 24.5 Å². The van der Waals surface area contributed by atoms with Gasteiger partial charge in [0, 0.05) is 25.4 Å². The Morgan fingerprint density at radius 3 is 2.52 bits per heavy atom. The molecule has 31 heavy (non-hydrogen) atoms. The second-order valence-electron chi connectivity index (χ2n) is 6.16. The lowest BCUT2D eigenvalue weighted by Gasteiger charge is -2.13. The van der Waals surface area contributed by atoms with Gasteiger partial charge in [0.25, 0.3) is 11.8 Å². The molecule has 2 aromatic carbocycles. The fourth-order valence-electron chi connectivity index (χ4n) is 2.67. The fraction of sp³-hybridized carbons (Fsp3) is 0.211. The van der Waals surface area contributed by atoms with Crippen molar-refractivity contribution in [1.29, 1.82) is 0 Å². The number of halogens is 2. The fourth-order valence-corrected chi connectivity index (χ4v) is 3.19. The topological polar surface area (TPSA) is 120 Å². The van der Waals surface area contributed by atoms with Crippen LogP contribution in [0.3, 0.4) is 0 Å². The van der Waals surface area contributed by atoms with Crippen molar-refractivity contribution in [1.82, 2.24) is 25.5 Å². The van der Waals surface area contributed by atoms with Crippen LogP contribution in [-0.2, 0) is 4.74 Å². The van der Waals surface area contributed by atoms with E-state index in [-0.39, 0.29) is 32.8 Å². The number of amides is 2. The van der Waals surface area contributed by atoms with Gasteiger partial charge in [-0.3, -0.25) is 9.59 Å². The summed E-state index contributed by atoms with van der Waals surface area (Å²) < 4.78 is 11.6. The molecule has 10 nitrogen and oxygen atoms in total. The molecule has 1 aromatic heterocycles. The zero-order chi connectivity index (χ0) is 22.4. The molecule has 0 radical (unpaired) electrons. The van der Waals surface area contributed by atoms with Gasteiger partial charge in [0.1, 0.15) is 12.1 Å². The lowest BCUT2D eigenvalue weighted by molar-refractivity contribution is 0.0936. The minimum absolute atomic E-state index is 0.187. The number of hydrogen-bond acceptors (Lipinski definition) is 7. The summed E-state index contributed by atoms with van der Waals surface area (Å²) in [6.07, 6.45) is 1.37. The van der Waals surface area contributed by atoms with Gasteiger partial charge in [-0.15, -0.1) is 5.10 Å². The Bertz CT molecular complexity index is 1090. The number of anilines is 1. The lowest BCUT2D eigenvalue weighted by atomic mass is 10.1. The molecule has 2 amide bonds. The van der Waals surface area contributed by atoms with Gasteiger partial charge in [0.05, 0.1) is 40.6 Å². The van der Waals surface area contributed by atoms with Crippen molar-refractivity contribution in [2.24, 2.45) is 0 Å². The van der Waals surface area contributed by atoms with E-state index in [4.69, 9.17) is 32.7 Å². The van der Waals surface area contributed by atoms with E-state index in [9.17, 15) is 9.59 Å². The van der Waals surface area contributed by atoms with Crippen LogP contribution in [-0.4, -0.2) is 59.4 Å². The number of carbonyl (C=O) groups is 2. The van der Waals surface area contributed by atoms with Crippen molar-refractivity contribution in [3.8, 4) is 11.4 Å². The second kappa shape index (κ2) is 10.2. The van der Waals surface area contributed by atoms with Crippen LogP contribution in [0.1, 0.15) is 20.7 Å². The summed E-state index contributed by atoms with van der Waals surface area (Å²) in [5, 5.41) is 16.7. The summed E-state index contributed by atoms with van der Waals surface area (Å²) in [5.74, 6) is -0.547. The van der Waals surface area contributed by atoms with Crippen molar-refractivity contribution < 1.29 is 19.1 Å². The van der Waals surface area contributed by atoms with Crippen molar-refractivity contribution in [2.45, 2.75) is 0 Å². The van der Waals surface area contributed by atoms with Crippen LogP contribution in [0.25, 0.3) is 5.69 Å². The maximum atomic E-state index is 12.8. The van der Waals surface area contributed by atoms with Crippen molar-refractivity contribution in [3.63, 3.8) is 0 Å². The molecule has 0 unspecified atom stereocenters. The van der Waals surface area contributed by atoms with Gasteiger partial charge >= 0.3 is 0 Å². The van der Waals surface area contributed by atoms with Gasteiger partial charge in [-0.1, -0.05) is 23.2 Å². The number of rotatable bonds is 8. The summed E-state index contributed by atoms with van der Waals surface area (Å²) in [6, 6.07) is 7.57. The first-order chi connectivity index (χ1) is 14.9. The van der Waals surface area contributed by atoms with Gasteiger partial charge in [0.2, 0.25) is 0 Å². The van der Waals surface area contributed by atoms with Gasteiger partial charge in [-0.05, 0) is 34.7 Å². The Labute approximate surface area is 187 Å². The minimum atomic E-state index is -0.477. The van der Waals surface area contributed by atoms with E-state index in [0.717, 1.165) is 0 Å². The molecular formula is C19H18Cl2N6O4. The monoisotopic (exact) mass is 464 g/mol. The van der Waals surface area contributed by atoms with Gasteiger partial charge in [-0.2, -0.15) is 4.68 Å². The molecule has 0 aliphatic carbocycles. The number of ether oxygens (including phenoxy) is 2. The van der Waals surface area contributed by atoms with Crippen LogP contribution in [0, 0.1) is 0 Å². The lowest BCUT2D eigenvalue weighted by Crippen LogP contribution is -2.27. The normalized spacial score (nSPS) is 10.6. The van der Waals surface area contributed by atoms with E-state index in [1.807, 2.05) is 0 Å². The zero-order valence-electron chi connectivity index (χ0n) is 16.6. The smallest absolute Gasteiger partial charge is 0.259 e. The van der Waals surface area contributed by atoms with Gasteiger partial charge < -0.3 is 20.1 Å². The van der Waals surface area contributed by atoms with E-state index in [1.54, 1.807) is 12.1 Å². The Balaban J connectivity index is 1.79. The summed E-state index contributed by atoms with van der Waals surface area (Å²) in [7, 11) is 2.97. The summed E-state index contributed by atoms with van der Waals surface area (Å²) in [5.41, 5.74) is 1.32. The SMILES string of the molecule is COCCNC(=O)c1ccc(NC(=O)c2cc(Cl)c(-n3cnnn3)cc2OC)cc1Cl. The van der Waals surface area contributed by atoms with E-state index in [2.05, 4.69) is 26.2 Å². The number of nitrogens with zero attached hydrogens (tertiary/aromatic N) is 4. The van der Waals surface area contributed by atoms with Crippen LogP contribution in [0.5, 0.6) is 5.75 Å². The first kappa shape index (κ1) is 22.5. The maximum absolute atomic E-state index is 12.8. The zero-order valence-corrected chi connectivity index (χ0v) is 18.1. The molecule has 3 rings (SSSR count). The van der Waals surface area contributed by atoms with Crippen LogP contribution < -0.4 is 15.4 Å². The molecule has 2 N–H and O–H groups in total. The molecule has 12 heteroatoms. The van der Waals surface area contributed by atoms with E-state index < -0.39 is 5.91 Å². The quantitative estimate of drug-likeness (QED) is 0.491. The average Bonchev–Trinajstić information content (AvgIpc) is 3.28. The molecule has 0 aliphatic heterocycles. The highest BCUT2D eigenvalue weighted by atomic mass is 35.5. The summed E-state index contributed by atoms with van der Waals surface area (Å²) in [6.45, 7) is 0.736. The molecule has 0 saturated carbocycles. The van der Waals surface area contributed by atoms with Gasteiger partial charge in [0.15, 0.2) is 0 Å². The summed E-state index contributed by atoms with van der Waals surface area (Å²) in [4.78, 5) is 25.0. The molecule has 0 spiro atoms. The number of benzene rings is 2. The highest BCUT2D eigenvalue weighted by molar-refractivity contribution is 6.34. The highest BCUT2D eigenvalue weighted by Crippen LogP contribution is 2.30. The van der Waals surface area contributed by atoms with Crippen LogP contribution in [0.2, 0.25) is 10.0 Å². The van der Waals surface area contributed by atoms with Crippen LogP contribution >= 0.6 is 23.2 Å². The standard InChI is InChI=1S/C19H18Cl2N6O4/c1-30-6-5-22-18(28)12-4-3-11(7-14(12)20)24-19(29)13-8-15(21)16(9-17(13)31-2)27-10-23-25-26-27/h3-4,7-10H,5-6H2,1-2H3,(H,22,28)(H,24,29). The predicted octanol–water partition coefficient (Wildman–Crippen LogP) is 2.61. The Morgan fingerprint density at radius 2 is 1.87 bits per heavy atom. The third kappa shape index (κ3) is 5.29. The Kier molecular flexibility index (Phi) is 7.40. The summed E-state index contributed by atoms with van der Waals surface area (Å²) >= 11 is 12.5. The van der Waals surface area contributed by atoms with Crippen molar-refractivity contribution in [3.05, 3.63) is 57.8 Å². The Morgan fingerprint density at radius 1 is 1.06 bits per heavy atom. The Hall–Kier alpha value is -3.21. The maximum Gasteiger partial charge on any atom is 0.259 e. The van der Waals surface area contributed by atoms with E-state index >= 15 is 0 Å². The molecule has 0 saturated heterocycles. The molecule has 3 aromatic rings. The third-order valence-corrected chi connectivity index (χ3v) is 4.79. The minimum Gasteiger partial charge on any atom is -0.496 e. The van der Waals surface area contributed by atoms with Crippen molar-refractivity contribution in [2.75, 3.05) is 32.7 Å². The molecule has 0 fully saturated rings. The number of methoxy groups -OCH3 is 2. The average molecular weight is 465 g/mol. The number of aromatic nitrogens is 4. The largest absolute Gasteiger partial charge is 0.496 e. The van der Waals surface area contributed by atoms with E-state index in [1.165, 1.54) is 43.4 Å². The van der Waals surface area contributed by atoms with Crippen LogP contribution in [0.15, 0.2) is 36.7 Å². The molecule has 0 bridgehead atoms. The van der Waals surface area contributed by atoms with Crippen LogP contribution in [0.4, 0.5) is 5.69 Å².